The normalized spacial score (nSPS) is 9.62. The van der Waals surface area contributed by atoms with Crippen LogP contribution in [0.25, 0.3) is 0 Å². The van der Waals surface area contributed by atoms with Crippen molar-refractivity contribution in [3.63, 3.8) is 0 Å². The number of hydrogen-bond acceptors (Lipinski definition) is 1. The van der Waals surface area contributed by atoms with Gasteiger partial charge in [-0.1, -0.05) is 0 Å². The first kappa shape index (κ1) is 5.38. The van der Waals surface area contributed by atoms with Crippen LogP contribution in [0.15, 0.2) is 18.3 Å². The second kappa shape index (κ2) is 2.52. The number of aliphatic hydroxyl groups excluding tert-OH is 1. The topological polar surface area (TPSA) is 36.0 Å². The number of H-pyrrole nitrogens is 1. The summed E-state index contributed by atoms with van der Waals surface area (Å²) in [5, 5.41) is 8.42. The Kier molecular flexibility index (Phi) is 1.70. The lowest BCUT2D eigenvalue weighted by atomic mass is 10.3. The van der Waals surface area contributed by atoms with Gasteiger partial charge in [0.1, 0.15) is 0 Å². The van der Waals surface area contributed by atoms with Gasteiger partial charge in [0.15, 0.2) is 0 Å². The molecule has 0 fully saturated rings. The van der Waals surface area contributed by atoms with Crippen LogP contribution in [-0.4, -0.2) is 16.7 Å². The largest absolute Gasteiger partial charge is 0.396 e. The van der Waals surface area contributed by atoms with Gasteiger partial charge in [0.25, 0.3) is 0 Å². The minimum atomic E-state index is 0.223. The number of aromatic nitrogens is 1. The number of aromatic amines is 1. The Bertz CT molecular complexity index is 134. The molecule has 0 bridgehead atoms. The molecule has 0 radical (unpaired) electrons. The van der Waals surface area contributed by atoms with E-state index in [1.807, 2.05) is 18.3 Å². The summed E-state index contributed by atoms with van der Waals surface area (Å²) in [5.74, 6) is 0. The first-order valence-corrected chi connectivity index (χ1v) is 2.66. The molecule has 1 heterocycles. The molecule has 2 heteroatoms. The molecule has 0 aliphatic carbocycles. The smallest absolute Gasteiger partial charge is 0.0485 e. The van der Waals surface area contributed by atoms with Crippen LogP contribution in [0.1, 0.15) is 5.69 Å². The van der Waals surface area contributed by atoms with Gasteiger partial charge in [-0.05, 0) is 12.1 Å². The van der Waals surface area contributed by atoms with Crippen molar-refractivity contribution in [1.82, 2.24) is 4.98 Å². The van der Waals surface area contributed by atoms with Crippen LogP contribution in [0.2, 0.25) is 0 Å². The molecular formula is C6H9NO. The summed E-state index contributed by atoms with van der Waals surface area (Å²) in [6.07, 6.45) is 2.58. The van der Waals surface area contributed by atoms with E-state index in [1.54, 1.807) is 0 Å². The third-order valence-corrected chi connectivity index (χ3v) is 1.04. The van der Waals surface area contributed by atoms with Crippen molar-refractivity contribution in [3.8, 4) is 0 Å². The van der Waals surface area contributed by atoms with Gasteiger partial charge in [-0.25, -0.2) is 0 Å². The van der Waals surface area contributed by atoms with Gasteiger partial charge in [-0.15, -0.1) is 0 Å². The van der Waals surface area contributed by atoms with E-state index in [-0.39, 0.29) is 6.61 Å². The maximum Gasteiger partial charge on any atom is 0.0485 e. The van der Waals surface area contributed by atoms with E-state index < -0.39 is 0 Å². The third kappa shape index (κ3) is 1.10. The summed E-state index contributed by atoms with van der Waals surface area (Å²) in [6, 6.07) is 3.88. The number of aliphatic hydroxyl groups is 1. The fourth-order valence-corrected chi connectivity index (χ4v) is 0.643. The Balaban J connectivity index is 2.50. The summed E-state index contributed by atoms with van der Waals surface area (Å²) < 4.78 is 0. The molecule has 0 amide bonds. The molecule has 0 unspecified atom stereocenters. The molecule has 0 spiro atoms. The quantitative estimate of drug-likeness (QED) is 0.574. The molecule has 0 aromatic carbocycles. The zero-order valence-electron chi connectivity index (χ0n) is 4.59. The van der Waals surface area contributed by atoms with Gasteiger partial charge >= 0.3 is 0 Å². The highest BCUT2D eigenvalue weighted by atomic mass is 16.3. The Labute approximate surface area is 48.2 Å². The second-order valence-corrected chi connectivity index (χ2v) is 1.67. The average molecular weight is 111 g/mol. The van der Waals surface area contributed by atoms with Gasteiger partial charge in [-0.2, -0.15) is 0 Å². The monoisotopic (exact) mass is 111 g/mol. The number of hydrogen-bond donors (Lipinski definition) is 2. The average Bonchev–Trinajstić information content (AvgIpc) is 2.19. The number of rotatable bonds is 2. The third-order valence-electron chi connectivity index (χ3n) is 1.04. The van der Waals surface area contributed by atoms with Gasteiger partial charge in [0.05, 0.1) is 0 Å². The summed E-state index contributed by atoms with van der Waals surface area (Å²) in [5.41, 5.74) is 1.09. The van der Waals surface area contributed by atoms with Crippen molar-refractivity contribution in [2.45, 2.75) is 6.42 Å². The zero-order chi connectivity index (χ0) is 5.82. The molecule has 2 N–H and O–H groups in total. The van der Waals surface area contributed by atoms with Crippen molar-refractivity contribution in [1.29, 1.82) is 0 Å². The fraction of sp³-hybridized carbons (Fsp3) is 0.333. The van der Waals surface area contributed by atoms with Crippen molar-refractivity contribution in [3.05, 3.63) is 24.0 Å². The minimum absolute atomic E-state index is 0.223. The van der Waals surface area contributed by atoms with Crippen molar-refractivity contribution in [2.24, 2.45) is 0 Å². The highest BCUT2D eigenvalue weighted by molar-refractivity contribution is 5.03. The van der Waals surface area contributed by atoms with Gasteiger partial charge in [-0.3, -0.25) is 0 Å². The minimum Gasteiger partial charge on any atom is -0.396 e. The van der Waals surface area contributed by atoms with Crippen molar-refractivity contribution < 1.29 is 5.11 Å². The molecular weight excluding hydrogens is 102 g/mol. The SMILES string of the molecule is OCCc1ccc[nH]1. The summed E-state index contributed by atoms with van der Waals surface area (Å²) in [6.45, 7) is 0.223. The van der Waals surface area contributed by atoms with Gasteiger partial charge in [0.2, 0.25) is 0 Å². The molecule has 0 aliphatic heterocycles. The second-order valence-electron chi connectivity index (χ2n) is 1.67. The van der Waals surface area contributed by atoms with Crippen molar-refractivity contribution >= 4 is 0 Å². The Morgan fingerprint density at radius 1 is 1.62 bits per heavy atom. The van der Waals surface area contributed by atoms with Gasteiger partial charge < -0.3 is 10.1 Å². The van der Waals surface area contributed by atoms with Crippen LogP contribution >= 0.6 is 0 Å². The van der Waals surface area contributed by atoms with Crippen LogP contribution in [0.4, 0.5) is 0 Å². The zero-order valence-corrected chi connectivity index (χ0v) is 4.59. The fourth-order valence-electron chi connectivity index (χ4n) is 0.643. The lowest BCUT2D eigenvalue weighted by Gasteiger charge is -1.87. The van der Waals surface area contributed by atoms with E-state index >= 15 is 0 Å². The van der Waals surface area contributed by atoms with Gasteiger partial charge in [0, 0.05) is 24.9 Å². The Morgan fingerprint density at radius 3 is 3.00 bits per heavy atom. The predicted molar refractivity (Wildman–Crippen MR) is 31.6 cm³/mol. The molecule has 44 valence electrons. The van der Waals surface area contributed by atoms with Crippen LogP contribution in [0.3, 0.4) is 0 Å². The highest BCUT2D eigenvalue weighted by Gasteiger charge is 1.86. The summed E-state index contributed by atoms with van der Waals surface area (Å²) >= 11 is 0. The summed E-state index contributed by atoms with van der Waals surface area (Å²) in [4.78, 5) is 2.98. The lowest BCUT2D eigenvalue weighted by Crippen LogP contribution is -1.88. The van der Waals surface area contributed by atoms with E-state index in [0.29, 0.717) is 0 Å². The molecule has 1 rings (SSSR count). The van der Waals surface area contributed by atoms with Crippen LogP contribution in [0.5, 0.6) is 0 Å². The molecule has 1 aromatic rings. The van der Waals surface area contributed by atoms with Crippen molar-refractivity contribution in [2.75, 3.05) is 6.61 Å². The maximum absolute atomic E-state index is 8.42. The van der Waals surface area contributed by atoms with Crippen LogP contribution in [-0.2, 0) is 6.42 Å². The molecule has 0 atom stereocenters. The lowest BCUT2D eigenvalue weighted by molar-refractivity contribution is 0.298. The molecule has 8 heavy (non-hydrogen) atoms. The van der Waals surface area contributed by atoms with Crippen LogP contribution in [0, 0.1) is 0 Å². The van der Waals surface area contributed by atoms with E-state index in [2.05, 4.69) is 4.98 Å². The molecule has 2 nitrogen and oxygen atoms in total. The molecule has 0 saturated carbocycles. The first-order chi connectivity index (χ1) is 3.93. The van der Waals surface area contributed by atoms with E-state index in [0.717, 1.165) is 12.1 Å². The van der Waals surface area contributed by atoms with Crippen LogP contribution < -0.4 is 0 Å². The first-order valence-electron chi connectivity index (χ1n) is 2.66. The Hall–Kier alpha value is -0.760. The standard InChI is InChI=1S/C6H9NO/c8-5-3-6-2-1-4-7-6/h1-2,4,7-8H,3,5H2. The van der Waals surface area contributed by atoms with E-state index in [9.17, 15) is 0 Å². The molecule has 1 aromatic heterocycles. The number of nitrogens with one attached hydrogen (secondary N) is 1. The molecule has 0 saturated heterocycles. The highest BCUT2D eigenvalue weighted by Crippen LogP contribution is 1.92. The molecule has 0 aliphatic rings. The summed E-state index contributed by atoms with van der Waals surface area (Å²) in [7, 11) is 0. The van der Waals surface area contributed by atoms with E-state index in [1.165, 1.54) is 0 Å². The Morgan fingerprint density at radius 2 is 2.50 bits per heavy atom. The maximum atomic E-state index is 8.42. The predicted octanol–water partition coefficient (Wildman–Crippen LogP) is 0.549. The van der Waals surface area contributed by atoms with E-state index in [4.69, 9.17) is 5.11 Å².